The van der Waals surface area contributed by atoms with E-state index in [1.165, 1.54) is 25.4 Å². The third-order valence-corrected chi connectivity index (χ3v) is 4.44. The third kappa shape index (κ3) is 2.80. The van der Waals surface area contributed by atoms with Crippen molar-refractivity contribution in [3.8, 4) is 5.75 Å². The van der Waals surface area contributed by atoms with E-state index in [2.05, 4.69) is 15.3 Å². The molecule has 0 radical (unpaired) electrons. The average Bonchev–Trinajstić information content (AvgIpc) is 2.64. The number of rotatable bonds is 2. The minimum absolute atomic E-state index is 0.00870. The molecule has 1 amide bonds. The Kier molecular flexibility index (Phi) is 4.08. The Balaban J connectivity index is 1.86. The van der Waals surface area contributed by atoms with E-state index in [-0.39, 0.29) is 10.9 Å². The minimum atomic E-state index is -0.498. The Labute approximate surface area is 153 Å². The van der Waals surface area contributed by atoms with Gasteiger partial charge in [-0.25, -0.2) is 14.4 Å². The zero-order valence-electron chi connectivity index (χ0n) is 13.8. The summed E-state index contributed by atoms with van der Waals surface area (Å²) >= 11 is 5.85. The molecular formula is C18H14ClFN4O2. The van der Waals surface area contributed by atoms with Crippen LogP contribution in [0.1, 0.15) is 6.92 Å². The van der Waals surface area contributed by atoms with Crippen LogP contribution in [0.3, 0.4) is 0 Å². The molecule has 0 spiro atoms. The summed E-state index contributed by atoms with van der Waals surface area (Å²) in [7, 11) is 0. The third-order valence-electron chi connectivity index (χ3n) is 4.15. The SMILES string of the molecule is CC(=O)N1CCOc2c1ccc1ncnc(Nc3ccc(F)c(Cl)c3)c21. The van der Waals surface area contributed by atoms with Gasteiger partial charge in [-0.15, -0.1) is 0 Å². The second-order valence-corrected chi connectivity index (χ2v) is 6.21. The molecule has 0 aliphatic carbocycles. The van der Waals surface area contributed by atoms with E-state index in [0.29, 0.717) is 47.0 Å². The lowest BCUT2D eigenvalue weighted by Gasteiger charge is -2.29. The number of halogens is 2. The summed E-state index contributed by atoms with van der Waals surface area (Å²) in [6.45, 7) is 2.38. The summed E-state index contributed by atoms with van der Waals surface area (Å²) < 4.78 is 19.2. The Hall–Kier alpha value is -2.93. The Morgan fingerprint density at radius 3 is 2.92 bits per heavy atom. The van der Waals surface area contributed by atoms with E-state index in [4.69, 9.17) is 16.3 Å². The highest BCUT2D eigenvalue weighted by Gasteiger charge is 2.25. The number of carbonyl (C=O) groups excluding carboxylic acids is 1. The first-order valence-corrected chi connectivity index (χ1v) is 8.33. The fraction of sp³-hybridized carbons (Fsp3) is 0.167. The van der Waals surface area contributed by atoms with E-state index >= 15 is 0 Å². The van der Waals surface area contributed by atoms with Crippen LogP contribution in [0.5, 0.6) is 5.75 Å². The average molecular weight is 373 g/mol. The number of hydrogen-bond donors (Lipinski definition) is 1. The van der Waals surface area contributed by atoms with Crippen molar-refractivity contribution in [2.24, 2.45) is 0 Å². The van der Waals surface area contributed by atoms with E-state index in [1.807, 2.05) is 12.1 Å². The number of anilines is 3. The Morgan fingerprint density at radius 1 is 1.31 bits per heavy atom. The molecule has 26 heavy (non-hydrogen) atoms. The molecule has 1 aromatic heterocycles. The first-order valence-electron chi connectivity index (χ1n) is 7.95. The summed E-state index contributed by atoms with van der Waals surface area (Å²) in [5, 5.41) is 3.78. The van der Waals surface area contributed by atoms with Gasteiger partial charge in [0.05, 0.1) is 28.2 Å². The van der Waals surface area contributed by atoms with E-state index in [1.54, 1.807) is 11.0 Å². The first kappa shape index (κ1) is 16.5. The van der Waals surface area contributed by atoms with Crippen LogP contribution in [0.4, 0.5) is 21.6 Å². The van der Waals surface area contributed by atoms with Gasteiger partial charge in [-0.1, -0.05) is 11.6 Å². The standard InChI is InChI=1S/C18H14ClFN4O2/c1-10(25)24-6-7-26-17-15(24)5-4-14-16(17)18(22-9-21-14)23-11-2-3-13(20)12(19)8-11/h2-5,8-9H,6-7H2,1H3,(H,21,22,23). The molecule has 1 N–H and O–H groups in total. The van der Waals surface area contributed by atoms with Crippen molar-refractivity contribution in [3.05, 3.63) is 47.5 Å². The second-order valence-electron chi connectivity index (χ2n) is 5.80. The molecule has 0 bridgehead atoms. The lowest BCUT2D eigenvalue weighted by Crippen LogP contribution is -2.36. The quantitative estimate of drug-likeness (QED) is 0.738. The molecule has 0 saturated carbocycles. The van der Waals surface area contributed by atoms with Crippen LogP contribution < -0.4 is 15.0 Å². The van der Waals surface area contributed by atoms with Gasteiger partial charge in [-0.2, -0.15) is 0 Å². The molecule has 4 rings (SSSR count). The number of aromatic nitrogens is 2. The Bertz CT molecular complexity index is 1030. The number of carbonyl (C=O) groups is 1. The van der Waals surface area contributed by atoms with Crippen LogP contribution in [0.15, 0.2) is 36.7 Å². The zero-order chi connectivity index (χ0) is 18.3. The van der Waals surface area contributed by atoms with E-state index in [9.17, 15) is 9.18 Å². The van der Waals surface area contributed by atoms with Gasteiger partial charge in [0.2, 0.25) is 5.91 Å². The number of fused-ring (bicyclic) bond motifs is 3. The van der Waals surface area contributed by atoms with Gasteiger partial charge in [0, 0.05) is 12.6 Å². The fourth-order valence-electron chi connectivity index (χ4n) is 2.96. The number of hydrogen-bond acceptors (Lipinski definition) is 5. The van der Waals surface area contributed by atoms with Crippen LogP contribution in [0, 0.1) is 5.82 Å². The monoisotopic (exact) mass is 372 g/mol. The number of nitrogens with zero attached hydrogens (tertiary/aromatic N) is 3. The van der Waals surface area contributed by atoms with Gasteiger partial charge in [-0.3, -0.25) is 4.79 Å². The maximum Gasteiger partial charge on any atom is 0.224 e. The zero-order valence-corrected chi connectivity index (χ0v) is 14.5. The van der Waals surface area contributed by atoms with Crippen molar-refractivity contribution in [1.82, 2.24) is 9.97 Å². The largest absolute Gasteiger partial charge is 0.489 e. The number of benzene rings is 2. The molecule has 0 saturated heterocycles. The minimum Gasteiger partial charge on any atom is -0.489 e. The lowest BCUT2D eigenvalue weighted by molar-refractivity contribution is -0.116. The summed E-state index contributed by atoms with van der Waals surface area (Å²) in [5.41, 5.74) is 1.92. The van der Waals surface area contributed by atoms with Crippen LogP contribution in [0.2, 0.25) is 5.02 Å². The van der Waals surface area contributed by atoms with Crippen LogP contribution in [-0.4, -0.2) is 29.0 Å². The van der Waals surface area contributed by atoms with Gasteiger partial charge in [-0.05, 0) is 30.3 Å². The second kappa shape index (κ2) is 6.42. The van der Waals surface area contributed by atoms with Crippen molar-refractivity contribution < 1.29 is 13.9 Å². The first-order chi connectivity index (χ1) is 12.5. The molecule has 6 nitrogen and oxygen atoms in total. The molecule has 0 fully saturated rings. The molecule has 132 valence electrons. The smallest absolute Gasteiger partial charge is 0.224 e. The molecule has 1 aliphatic heterocycles. The number of ether oxygens (including phenoxy) is 1. The van der Waals surface area contributed by atoms with Crippen molar-refractivity contribution in [1.29, 1.82) is 0 Å². The molecule has 2 heterocycles. The van der Waals surface area contributed by atoms with Crippen molar-refractivity contribution in [2.45, 2.75) is 6.92 Å². The summed E-state index contributed by atoms with van der Waals surface area (Å²) in [6.07, 6.45) is 1.42. The molecular weight excluding hydrogens is 359 g/mol. The topological polar surface area (TPSA) is 67.4 Å². The van der Waals surface area contributed by atoms with Crippen molar-refractivity contribution >= 4 is 45.6 Å². The predicted molar refractivity (Wildman–Crippen MR) is 97.8 cm³/mol. The van der Waals surface area contributed by atoms with Gasteiger partial charge in [0.25, 0.3) is 0 Å². The van der Waals surface area contributed by atoms with Gasteiger partial charge >= 0.3 is 0 Å². The molecule has 2 aromatic carbocycles. The van der Waals surface area contributed by atoms with E-state index < -0.39 is 5.82 Å². The van der Waals surface area contributed by atoms with Gasteiger partial charge < -0.3 is 15.0 Å². The maximum atomic E-state index is 13.4. The van der Waals surface area contributed by atoms with Crippen molar-refractivity contribution in [2.75, 3.05) is 23.4 Å². The van der Waals surface area contributed by atoms with E-state index in [0.717, 1.165) is 0 Å². The Morgan fingerprint density at radius 2 is 2.15 bits per heavy atom. The van der Waals surface area contributed by atoms with Gasteiger partial charge in [0.15, 0.2) is 5.75 Å². The summed E-state index contributed by atoms with van der Waals surface area (Å²) in [5.74, 6) is 0.466. The van der Waals surface area contributed by atoms with Crippen LogP contribution >= 0.6 is 11.6 Å². The highest BCUT2D eigenvalue weighted by molar-refractivity contribution is 6.31. The molecule has 1 aliphatic rings. The number of amides is 1. The van der Waals surface area contributed by atoms with Crippen LogP contribution in [0.25, 0.3) is 10.9 Å². The molecule has 8 heteroatoms. The number of nitrogens with one attached hydrogen (secondary N) is 1. The normalized spacial score (nSPS) is 13.3. The molecule has 0 atom stereocenters. The molecule has 0 unspecified atom stereocenters. The highest BCUT2D eigenvalue weighted by Crippen LogP contribution is 2.41. The van der Waals surface area contributed by atoms with Crippen LogP contribution in [-0.2, 0) is 4.79 Å². The molecule has 3 aromatic rings. The fourth-order valence-corrected chi connectivity index (χ4v) is 3.14. The lowest BCUT2D eigenvalue weighted by atomic mass is 10.1. The summed E-state index contributed by atoms with van der Waals surface area (Å²) in [4.78, 5) is 22.1. The van der Waals surface area contributed by atoms with Gasteiger partial charge in [0.1, 0.15) is 24.6 Å². The predicted octanol–water partition coefficient (Wildman–Crippen LogP) is 3.91. The maximum absolute atomic E-state index is 13.4. The highest BCUT2D eigenvalue weighted by atomic mass is 35.5. The summed E-state index contributed by atoms with van der Waals surface area (Å²) in [6, 6.07) is 7.93. The van der Waals surface area contributed by atoms with Crippen molar-refractivity contribution in [3.63, 3.8) is 0 Å².